The van der Waals surface area contributed by atoms with E-state index in [4.69, 9.17) is 4.74 Å². The molecule has 1 N–H and O–H groups in total. The van der Waals surface area contributed by atoms with Crippen molar-refractivity contribution >= 4 is 17.5 Å². The maximum atomic E-state index is 12.1. The van der Waals surface area contributed by atoms with Crippen molar-refractivity contribution < 1.29 is 19.2 Å². The van der Waals surface area contributed by atoms with Gasteiger partial charge in [-0.2, -0.15) is 0 Å². The van der Waals surface area contributed by atoms with Gasteiger partial charge >= 0.3 is 0 Å². The first-order chi connectivity index (χ1) is 11.0. The van der Waals surface area contributed by atoms with Crippen LogP contribution in [0, 0.1) is 17.0 Å². The quantitative estimate of drug-likeness (QED) is 0.641. The highest BCUT2D eigenvalue weighted by atomic mass is 16.6. The Labute approximate surface area is 133 Å². The van der Waals surface area contributed by atoms with E-state index in [0.717, 1.165) is 0 Å². The molecule has 0 aliphatic carbocycles. The Hall–Kier alpha value is -2.48. The van der Waals surface area contributed by atoms with Gasteiger partial charge in [-0.05, 0) is 13.0 Å². The standard InChI is InChI=1S/C15H19N3O5/c1-11-3-2-4-12(14(11)18(21)22)15(20)16-6-5-13(19)17-7-9-23-10-8-17/h2-4H,5-10H2,1H3,(H,16,20). The van der Waals surface area contributed by atoms with Crippen molar-refractivity contribution in [2.45, 2.75) is 13.3 Å². The number of morpholine rings is 1. The van der Waals surface area contributed by atoms with Gasteiger partial charge in [0.15, 0.2) is 0 Å². The van der Waals surface area contributed by atoms with Crippen molar-refractivity contribution in [2.75, 3.05) is 32.8 Å². The SMILES string of the molecule is Cc1cccc(C(=O)NCCC(=O)N2CCOCC2)c1[N+](=O)[O-]. The summed E-state index contributed by atoms with van der Waals surface area (Å²) in [5.74, 6) is -0.609. The average Bonchev–Trinajstić information content (AvgIpc) is 2.54. The maximum Gasteiger partial charge on any atom is 0.285 e. The lowest BCUT2D eigenvalue weighted by molar-refractivity contribution is -0.385. The fraction of sp³-hybridized carbons (Fsp3) is 0.467. The summed E-state index contributed by atoms with van der Waals surface area (Å²) >= 11 is 0. The van der Waals surface area contributed by atoms with Crippen molar-refractivity contribution in [2.24, 2.45) is 0 Å². The number of nitro benzene ring substituents is 1. The number of carbonyl (C=O) groups is 2. The van der Waals surface area contributed by atoms with Gasteiger partial charge < -0.3 is 15.0 Å². The zero-order chi connectivity index (χ0) is 16.8. The van der Waals surface area contributed by atoms with Crippen LogP contribution < -0.4 is 5.32 Å². The highest BCUT2D eigenvalue weighted by molar-refractivity contribution is 5.98. The van der Waals surface area contributed by atoms with E-state index >= 15 is 0 Å². The highest BCUT2D eigenvalue weighted by Gasteiger charge is 2.22. The van der Waals surface area contributed by atoms with Gasteiger partial charge in [0.05, 0.1) is 18.1 Å². The molecule has 23 heavy (non-hydrogen) atoms. The molecule has 0 unspecified atom stereocenters. The minimum Gasteiger partial charge on any atom is -0.378 e. The summed E-state index contributed by atoms with van der Waals surface area (Å²) in [6, 6.07) is 4.58. The molecule has 8 heteroatoms. The normalized spacial score (nSPS) is 14.4. The molecule has 1 aromatic rings. The molecular weight excluding hydrogens is 302 g/mol. The molecule has 1 heterocycles. The van der Waals surface area contributed by atoms with Gasteiger partial charge in [0.25, 0.3) is 11.6 Å². The van der Waals surface area contributed by atoms with Crippen LogP contribution in [0.15, 0.2) is 18.2 Å². The van der Waals surface area contributed by atoms with Crippen LogP contribution in [0.1, 0.15) is 22.3 Å². The van der Waals surface area contributed by atoms with Crippen LogP contribution in [-0.4, -0.2) is 54.5 Å². The number of rotatable bonds is 5. The van der Waals surface area contributed by atoms with Crippen molar-refractivity contribution in [1.82, 2.24) is 10.2 Å². The molecule has 1 aromatic carbocycles. The molecule has 2 rings (SSSR count). The molecule has 0 radical (unpaired) electrons. The van der Waals surface area contributed by atoms with Crippen LogP contribution in [-0.2, 0) is 9.53 Å². The second-order valence-electron chi connectivity index (χ2n) is 5.23. The van der Waals surface area contributed by atoms with E-state index in [1.165, 1.54) is 6.07 Å². The molecule has 1 aliphatic heterocycles. The fourth-order valence-electron chi connectivity index (χ4n) is 2.43. The molecule has 1 saturated heterocycles. The smallest absolute Gasteiger partial charge is 0.285 e. The summed E-state index contributed by atoms with van der Waals surface area (Å²) in [5, 5.41) is 13.7. The summed E-state index contributed by atoms with van der Waals surface area (Å²) in [7, 11) is 0. The number of para-hydroxylation sites is 1. The topological polar surface area (TPSA) is 102 Å². The van der Waals surface area contributed by atoms with E-state index in [1.807, 2.05) is 0 Å². The van der Waals surface area contributed by atoms with Crippen molar-refractivity contribution in [3.8, 4) is 0 Å². The first-order valence-corrected chi connectivity index (χ1v) is 7.38. The molecule has 0 aromatic heterocycles. The maximum absolute atomic E-state index is 12.1. The van der Waals surface area contributed by atoms with Crippen LogP contribution >= 0.6 is 0 Å². The Morgan fingerprint density at radius 3 is 2.70 bits per heavy atom. The number of nitro groups is 1. The highest BCUT2D eigenvalue weighted by Crippen LogP contribution is 2.22. The van der Waals surface area contributed by atoms with Crippen molar-refractivity contribution in [3.63, 3.8) is 0 Å². The number of amides is 2. The predicted molar refractivity (Wildman–Crippen MR) is 82.2 cm³/mol. The monoisotopic (exact) mass is 321 g/mol. The van der Waals surface area contributed by atoms with E-state index in [0.29, 0.717) is 31.9 Å². The number of aryl methyl sites for hydroxylation is 1. The second-order valence-corrected chi connectivity index (χ2v) is 5.23. The Balaban J connectivity index is 1.91. The third kappa shape index (κ3) is 4.26. The van der Waals surface area contributed by atoms with E-state index in [-0.39, 0.29) is 30.1 Å². The molecule has 1 aliphatic rings. The number of nitrogens with one attached hydrogen (secondary N) is 1. The van der Waals surface area contributed by atoms with Gasteiger partial charge in [0, 0.05) is 31.6 Å². The summed E-state index contributed by atoms with van der Waals surface area (Å²) in [4.78, 5) is 36.3. The molecule has 2 amide bonds. The molecule has 0 spiro atoms. The van der Waals surface area contributed by atoms with Gasteiger partial charge in [-0.25, -0.2) is 0 Å². The zero-order valence-corrected chi connectivity index (χ0v) is 12.9. The molecule has 0 atom stereocenters. The lowest BCUT2D eigenvalue weighted by Gasteiger charge is -2.26. The number of hydrogen-bond donors (Lipinski definition) is 1. The van der Waals surface area contributed by atoms with E-state index < -0.39 is 10.8 Å². The summed E-state index contributed by atoms with van der Waals surface area (Å²) in [6.07, 6.45) is 0.158. The van der Waals surface area contributed by atoms with Crippen LogP contribution in [0.3, 0.4) is 0 Å². The molecule has 0 bridgehead atoms. The van der Waals surface area contributed by atoms with Crippen LogP contribution in [0.5, 0.6) is 0 Å². The fourth-order valence-corrected chi connectivity index (χ4v) is 2.43. The molecule has 1 fully saturated rings. The van der Waals surface area contributed by atoms with E-state index in [1.54, 1.807) is 24.0 Å². The lowest BCUT2D eigenvalue weighted by Crippen LogP contribution is -2.42. The molecule has 124 valence electrons. The predicted octanol–water partition coefficient (Wildman–Crippen LogP) is 0.882. The summed E-state index contributed by atoms with van der Waals surface area (Å²) in [5.41, 5.74) is 0.227. The summed E-state index contributed by atoms with van der Waals surface area (Å²) < 4.78 is 5.17. The number of nitrogens with zero attached hydrogens (tertiary/aromatic N) is 2. The van der Waals surface area contributed by atoms with Gasteiger partial charge in [-0.3, -0.25) is 19.7 Å². The van der Waals surface area contributed by atoms with Crippen LogP contribution in [0.2, 0.25) is 0 Å². The van der Waals surface area contributed by atoms with Crippen molar-refractivity contribution in [1.29, 1.82) is 0 Å². The Morgan fingerprint density at radius 2 is 2.04 bits per heavy atom. The van der Waals surface area contributed by atoms with Gasteiger partial charge in [-0.1, -0.05) is 12.1 Å². The van der Waals surface area contributed by atoms with Gasteiger partial charge in [-0.15, -0.1) is 0 Å². The average molecular weight is 321 g/mol. The Kier molecular flexibility index (Phi) is 5.64. The van der Waals surface area contributed by atoms with E-state index in [2.05, 4.69) is 5.32 Å². The van der Waals surface area contributed by atoms with Crippen molar-refractivity contribution in [3.05, 3.63) is 39.4 Å². The first kappa shape index (κ1) is 16.9. The minimum atomic E-state index is -0.566. The number of carbonyl (C=O) groups excluding carboxylic acids is 2. The second kappa shape index (κ2) is 7.68. The van der Waals surface area contributed by atoms with Crippen LogP contribution in [0.4, 0.5) is 5.69 Å². The number of ether oxygens (including phenoxy) is 1. The lowest BCUT2D eigenvalue weighted by atomic mass is 10.1. The number of benzene rings is 1. The number of hydrogen-bond acceptors (Lipinski definition) is 5. The Bertz CT molecular complexity index is 611. The Morgan fingerprint density at radius 1 is 1.35 bits per heavy atom. The third-order valence-corrected chi connectivity index (χ3v) is 3.65. The molecule has 8 nitrogen and oxygen atoms in total. The largest absolute Gasteiger partial charge is 0.378 e. The summed E-state index contributed by atoms with van der Waals surface area (Å²) in [6.45, 7) is 3.87. The molecule has 0 saturated carbocycles. The van der Waals surface area contributed by atoms with Gasteiger partial charge in [0.2, 0.25) is 5.91 Å². The zero-order valence-electron chi connectivity index (χ0n) is 12.9. The van der Waals surface area contributed by atoms with E-state index in [9.17, 15) is 19.7 Å². The first-order valence-electron chi connectivity index (χ1n) is 7.38. The van der Waals surface area contributed by atoms with Gasteiger partial charge in [0.1, 0.15) is 5.56 Å². The molecular formula is C15H19N3O5. The third-order valence-electron chi connectivity index (χ3n) is 3.65. The minimum absolute atomic E-state index is 0.00817. The van der Waals surface area contributed by atoms with Crippen LogP contribution in [0.25, 0.3) is 0 Å².